The molecule has 2 N–H and O–H groups in total. The average Bonchev–Trinajstić information content (AvgIpc) is 3.13. The van der Waals surface area contributed by atoms with Crippen LogP contribution < -0.4 is 10.5 Å². The van der Waals surface area contributed by atoms with E-state index < -0.39 is 5.91 Å². The molecule has 1 aliphatic heterocycles. The van der Waals surface area contributed by atoms with Crippen molar-refractivity contribution in [1.29, 1.82) is 0 Å². The minimum Gasteiger partial charge on any atom is -0.493 e. The van der Waals surface area contributed by atoms with E-state index in [0.717, 1.165) is 46.8 Å². The van der Waals surface area contributed by atoms with E-state index >= 15 is 0 Å². The Morgan fingerprint density at radius 1 is 1.09 bits per heavy atom. The third kappa shape index (κ3) is 4.91. The van der Waals surface area contributed by atoms with Gasteiger partial charge >= 0.3 is 0 Å². The van der Waals surface area contributed by atoms with E-state index in [0.29, 0.717) is 15.6 Å². The number of carbonyl (C=O) groups is 1. The Hall–Kier alpha value is -3.02. The maximum atomic E-state index is 11.8. The highest BCUT2D eigenvalue weighted by molar-refractivity contribution is 6.35. The molecule has 0 saturated heterocycles. The van der Waals surface area contributed by atoms with Gasteiger partial charge in [-0.25, -0.2) is 4.52 Å². The summed E-state index contributed by atoms with van der Waals surface area (Å²) in [7, 11) is 0. The van der Waals surface area contributed by atoms with Crippen molar-refractivity contribution < 1.29 is 9.53 Å². The van der Waals surface area contributed by atoms with Gasteiger partial charge in [0.1, 0.15) is 5.75 Å². The molecular weight excluding hydrogens is 469 g/mol. The molecule has 0 unspecified atom stereocenters. The predicted molar refractivity (Wildman–Crippen MR) is 138 cm³/mol. The van der Waals surface area contributed by atoms with Gasteiger partial charge in [-0.05, 0) is 73.2 Å². The van der Waals surface area contributed by atoms with E-state index in [-0.39, 0.29) is 5.92 Å². The summed E-state index contributed by atoms with van der Waals surface area (Å²) in [6.07, 6.45) is 2.34. The van der Waals surface area contributed by atoms with Gasteiger partial charge < -0.3 is 10.5 Å². The Morgan fingerprint density at radius 3 is 2.44 bits per heavy atom. The van der Waals surface area contributed by atoms with Crippen LogP contribution in [0.25, 0.3) is 16.6 Å². The second kappa shape index (κ2) is 10.1. The van der Waals surface area contributed by atoms with Gasteiger partial charge in [0.05, 0.1) is 29.1 Å². The molecule has 0 bridgehead atoms. The highest BCUT2D eigenvalue weighted by Crippen LogP contribution is 2.34. The van der Waals surface area contributed by atoms with Crippen molar-refractivity contribution in [2.45, 2.75) is 39.5 Å². The van der Waals surface area contributed by atoms with Crippen molar-refractivity contribution in [2.75, 3.05) is 6.61 Å². The lowest BCUT2D eigenvalue weighted by molar-refractivity contribution is 0.0998. The standard InChI is InChI=1S/C18H17Cl2N3O.C9H10O/c1-9(2)17-14(18(21)24)4-5-15-16(10(3)22-23(15)17)11-6-12(19)8-13(20)7-11;1-2-6-9-8(4-1)5-3-7-10-9/h4-9H,1-3H3,(H2,21,24);1-2,4,6H,3,5,7H2. The molecule has 0 aliphatic carbocycles. The fourth-order valence-electron chi connectivity index (χ4n) is 4.36. The number of hydrogen-bond acceptors (Lipinski definition) is 3. The van der Waals surface area contributed by atoms with Crippen molar-refractivity contribution in [3.63, 3.8) is 0 Å². The van der Waals surface area contributed by atoms with E-state index in [1.54, 1.807) is 16.6 Å². The number of ether oxygens (including phenoxy) is 1. The number of nitrogens with two attached hydrogens (primary N) is 1. The number of carbonyl (C=O) groups excluding carboxylic acids is 1. The van der Waals surface area contributed by atoms with Crippen LogP contribution in [0, 0.1) is 6.92 Å². The zero-order valence-corrected chi connectivity index (χ0v) is 21.0. The Balaban J connectivity index is 0.000000226. The van der Waals surface area contributed by atoms with Gasteiger partial charge in [0.15, 0.2) is 0 Å². The lowest BCUT2D eigenvalue weighted by Crippen LogP contribution is -2.17. The Bertz CT molecular complexity index is 1320. The van der Waals surface area contributed by atoms with Crippen LogP contribution in [-0.4, -0.2) is 22.1 Å². The van der Waals surface area contributed by atoms with Gasteiger partial charge in [-0.3, -0.25) is 4.79 Å². The molecule has 2 aromatic heterocycles. The van der Waals surface area contributed by atoms with Crippen LogP contribution in [0.1, 0.15) is 53.5 Å². The van der Waals surface area contributed by atoms with Gasteiger partial charge in [-0.1, -0.05) is 55.2 Å². The smallest absolute Gasteiger partial charge is 0.250 e. The van der Waals surface area contributed by atoms with Crippen LogP contribution in [0.5, 0.6) is 5.75 Å². The second-order valence-electron chi connectivity index (χ2n) is 8.63. The number of nitrogens with zero attached hydrogens (tertiary/aromatic N) is 2. The highest BCUT2D eigenvalue weighted by atomic mass is 35.5. The van der Waals surface area contributed by atoms with Crippen molar-refractivity contribution >= 4 is 34.6 Å². The van der Waals surface area contributed by atoms with Crippen LogP contribution in [0.2, 0.25) is 10.0 Å². The normalized spacial score (nSPS) is 12.6. The molecular formula is C27H27Cl2N3O2. The fourth-order valence-corrected chi connectivity index (χ4v) is 4.89. The minimum absolute atomic E-state index is 0.0892. The van der Waals surface area contributed by atoms with E-state index in [9.17, 15) is 4.79 Å². The molecule has 0 spiro atoms. The molecule has 1 amide bonds. The number of aryl methyl sites for hydroxylation is 2. The number of amides is 1. The largest absolute Gasteiger partial charge is 0.493 e. The van der Waals surface area contributed by atoms with E-state index in [4.69, 9.17) is 33.7 Å². The van der Waals surface area contributed by atoms with Gasteiger partial charge in [0.2, 0.25) is 0 Å². The van der Waals surface area contributed by atoms with Crippen molar-refractivity contribution in [3.8, 4) is 16.9 Å². The van der Waals surface area contributed by atoms with Crippen molar-refractivity contribution in [3.05, 3.63) is 87.2 Å². The molecule has 0 fully saturated rings. The van der Waals surface area contributed by atoms with Crippen molar-refractivity contribution in [2.24, 2.45) is 5.73 Å². The van der Waals surface area contributed by atoms with E-state index in [1.165, 1.54) is 12.0 Å². The predicted octanol–water partition coefficient (Wildman–Crippen LogP) is 6.85. The number of pyridine rings is 1. The summed E-state index contributed by atoms with van der Waals surface area (Å²) in [5, 5.41) is 5.76. The lowest BCUT2D eigenvalue weighted by Gasteiger charge is -2.15. The first-order valence-electron chi connectivity index (χ1n) is 11.3. The highest BCUT2D eigenvalue weighted by Gasteiger charge is 2.20. The van der Waals surface area contributed by atoms with Crippen LogP contribution in [0.3, 0.4) is 0 Å². The number of aromatic nitrogens is 2. The van der Waals surface area contributed by atoms with E-state index in [2.05, 4.69) is 17.2 Å². The molecule has 5 nitrogen and oxygen atoms in total. The Morgan fingerprint density at radius 2 is 1.79 bits per heavy atom. The molecule has 0 saturated carbocycles. The summed E-state index contributed by atoms with van der Waals surface area (Å²) in [6, 6.07) is 17.3. The molecule has 176 valence electrons. The molecule has 0 radical (unpaired) electrons. The monoisotopic (exact) mass is 495 g/mol. The zero-order chi connectivity index (χ0) is 24.4. The van der Waals surface area contributed by atoms with Crippen LogP contribution >= 0.6 is 23.2 Å². The summed E-state index contributed by atoms with van der Waals surface area (Å²) >= 11 is 12.3. The van der Waals surface area contributed by atoms with Crippen LogP contribution in [-0.2, 0) is 6.42 Å². The molecule has 3 heterocycles. The summed E-state index contributed by atoms with van der Waals surface area (Å²) in [4.78, 5) is 11.8. The molecule has 34 heavy (non-hydrogen) atoms. The molecule has 0 atom stereocenters. The molecule has 2 aromatic carbocycles. The minimum atomic E-state index is -0.457. The third-order valence-electron chi connectivity index (χ3n) is 5.79. The summed E-state index contributed by atoms with van der Waals surface area (Å²) < 4.78 is 7.22. The SMILES string of the molecule is Cc1nn2c(C(C)C)c(C(N)=O)ccc2c1-c1cc(Cl)cc(Cl)c1.c1ccc2c(c1)CCCO2. The third-order valence-corrected chi connectivity index (χ3v) is 6.23. The average molecular weight is 496 g/mol. The lowest BCUT2D eigenvalue weighted by atomic mass is 10.0. The maximum absolute atomic E-state index is 11.8. The summed E-state index contributed by atoms with van der Waals surface area (Å²) in [5.74, 6) is 0.709. The zero-order valence-electron chi connectivity index (χ0n) is 19.4. The van der Waals surface area contributed by atoms with Gasteiger partial charge in [-0.2, -0.15) is 5.10 Å². The number of primary amides is 1. The van der Waals surface area contributed by atoms with Gasteiger partial charge in [0.25, 0.3) is 5.91 Å². The number of rotatable bonds is 3. The molecule has 1 aliphatic rings. The molecule has 5 rings (SSSR count). The number of benzene rings is 2. The summed E-state index contributed by atoms with van der Waals surface area (Å²) in [6.45, 7) is 6.82. The molecule has 4 aromatic rings. The first kappa shape index (κ1) is 24.1. The maximum Gasteiger partial charge on any atom is 0.250 e. The Labute approximate surface area is 209 Å². The van der Waals surface area contributed by atoms with Crippen LogP contribution in [0.15, 0.2) is 54.6 Å². The van der Waals surface area contributed by atoms with Crippen molar-refractivity contribution in [1.82, 2.24) is 9.61 Å². The number of fused-ring (bicyclic) bond motifs is 2. The Kier molecular flexibility index (Phi) is 7.15. The quantitative estimate of drug-likeness (QED) is 0.337. The fraction of sp³-hybridized carbons (Fsp3) is 0.259. The van der Waals surface area contributed by atoms with Gasteiger partial charge in [0, 0.05) is 15.6 Å². The number of halogens is 2. The number of hydrogen-bond donors (Lipinski definition) is 1. The topological polar surface area (TPSA) is 69.6 Å². The first-order chi connectivity index (χ1) is 16.3. The first-order valence-corrected chi connectivity index (χ1v) is 12.0. The second-order valence-corrected chi connectivity index (χ2v) is 9.50. The van der Waals surface area contributed by atoms with E-state index in [1.807, 2.05) is 51.1 Å². The number of para-hydroxylation sites is 1. The molecule has 7 heteroatoms. The van der Waals surface area contributed by atoms with Gasteiger partial charge in [-0.15, -0.1) is 0 Å². The van der Waals surface area contributed by atoms with Crippen LogP contribution in [0.4, 0.5) is 0 Å². The summed E-state index contributed by atoms with van der Waals surface area (Å²) in [5.41, 5.74) is 11.7.